The van der Waals surface area contributed by atoms with Gasteiger partial charge in [-0.1, -0.05) is 71.9 Å². The first-order valence-electron chi connectivity index (χ1n) is 6.06. The zero-order valence-electron chi connectivity index (χ0n) is 10.3. The molecule has 1 heteroatoms. The summed E-state index contributed by atoms with van der Waals surface area (Å²) in [5.41, 5.74) is 0. The summed E-state index contributed by atoms with van der Waals surface area (Å²) in [6, 6.07) is 0. The molecule has 0 aliphatic heterocycles. The van der Waals surface area contributed by atoms with Crippen molar-refractivity contribution in [2.75, 3.05) is 0 Å². The van der Waals surface area contributed by atoms with Crippen molar-refractivity contribution in [2.45, 2.75) is 71.9 Å². The SMILES string of the molecule is CCCCC(BC(C)C)CC(C)C. The van der Waals surface area contributed by atoms with Crippen LogP contribution in [0.1, 0.15) is 60.3 Å². The molecule has 0 aromatic heterocycles. The normalized spacial score (nSPS) is 13.8. The van der Waals surface area contributed by atoms with Crippen LogP contribution >= 0.6 is 0 Å². The third kappa shape index (κ3) is 8.40. The third-order valence-electron chi connectivity index (χ3n) is 2.58. The van der Waals surface area contributed by atoms with Gasteiger partial charge in [-0.3, -0.25) is 0 Å². The molecule has 0 bridgehead atoms. The maximum atomic E-state index is 2.35. The Morgan fingerprint density at radius 3 is 2.08 bits per heavy atom. The maximum absolute atomic E-state index is 2.35. The Bertz CT molecular complexity index is 97.7. The van der Waals surface area contributed by atoms with E-state index < -0.39 is 0 Å². The molecule has 0 radical (unpaired) electrons. The van der Waals surface area contributed by atoms with E-state index in [9.17, 15) is 0 Å². The standard InChI is InChI=1S/C12H27B/c1-6-7-8-12(9-10(2)3)13-11(4)5/h10-13H,6-9H2,1-5H3. The minimum atomic E-state index is 0.876. The van der Waals surface area contributed by atoms with Gasteiger partial charge in [-0.15, -0.1) is 0 Å². The molecule has 1 atom stereocenters. The van der Waals surface area contributed by atoms with Crippen molar-refractivity contribution in [3.8, 4) is 0 Å². The molecular weight excluding hydrogens is 155 g/mol. The van der Waals surface area contributed by atoms with Crippen LogP contribution in [0.3, 0.4) is 0 Å². The van der Waals surface area contributed by atoms with E-state index in [4.69, 9.17) is 0 Å². The lowest BCUT2D eigenvalue weighted by molar-refractivity contribution is 0.518. The number of unbranched alkanes of at least 4 members (excludes halogenated alkanes) is 1. The second kappa shape index (κ2) is 7.47. The van der Waals surface area contributed by atoms with Crippen molar-refractivity contribution in [3.05, 3.63) is 0 Å². The number of hydrogen-bond donors (Lipinski definition) is 0. The lowest BCUT2D eigenvalue weighted by atomic mass is 9.53. The van der Waals surface area contributed by atoms with Gasteiger partial charge in [0.15, 0.2) is 0 Å². The molecule has 0 nitrogen and oxygen atoms in total. The minimum Gasteiger partial charge on any atom is -0.0710 e. The van der Waals surface area contributed by atoms with Crippen molar-refractivity contribution in [1.29, 1.82) is 0 Å². The maximum Gasteiger partial charge on any atom is 0.126 e. The molecule has 0 saturated heterocycles. The highest BCUT2D eigenvalue weighted by Gasteiger charge is 2.13. The second-order valence-corrected chi connectivity index (χ2v) is 5.27. The average molecular weight is 182 g/mol. The smallest absolute Gasteiger partial charge is 0.0710 e. The highest BCUT2D eigenvalue weighted by molar-refractivity contribution is 6.39. The summed E-state index contributed by atoms with van der Waals surface area (Å²) in [7, 11) is 1.43. The summed E-state index contributed by atoms with van der Waals surface area (Å²) in [5.74, 6) is 2.74. The van der Waals surface area contributed by atoms with Crippen molar-refractivity contribution < 1.29 is 0 Å². The molecule has 0 aliphatic carbocycles. The first kappa shape index (κ1) is 13.1. The molecule has 13 heavy (non-hydrogen) atoms. The third-order valence-corrected chi connectivity index (χ3v) is 2.58. The minimum absolute atomic E-state index is 0.876. The van der Waals surface area contributed by atoms with Gasteiger partial charge in [0.2, 0.25) is 0 Å². The van der Waals surface area contributed by atoms with E-state index in [0.29, 0.717) is 0 Å². The van der Waals surface area contributed by atoms with Crippen LogP contribution < -0.4 is 0 Å². The van der Waals surface area contributed by atoms with Crippen molar-refractivity contribution >= 4 is 7.28 Å². The van der Waals surface area contributed by atoms with Crippen LogP contribution in [0.15, 0.2) is 0 Å². The van der Waals surface area contributed by atoms with E-state index in [1.807, 2.05) is 0 Å². The molecule has 0 fully saturated rings. The van der Waals surface area contributed by atoms with Gasteiger partial charge in [0.05, 0.1) is 0 Å². The summed E-state index contributed by atoms with van der Waals surface area (Å²) < 4.78 is 0. The summed E-state index contributed by atoms with van der Waals surface area (Å²) in [5, 5.41) is 0. The highest BCUT2D eigenvalue weighted by Crippen LogP contribution is 2.26. The first-order valence-corrected chi connectivity index (χ1v) is 6.06. The van der Waals surface area contributed by atoms with Crippen LogP contribution in [-0.4, -0.2) is 7.28 Å². The van der Waals surface area contributed by atoms with Crippen LogP contribution in [0, 0.1) is 5.92 Å². The van der Waals surface area contributed by atoms with Gasteiger partial charge in [0.1, 0.15) is 7.28 Å². The molecule has 0 amide bonds. The molecule has 1 unspecified atom stereocenters. The Balaban J connectivity index is 3.73. The van der Waals surface area contributed by atoms with E-state index >= 15 is 0 Å². The van der Waals surface area contributed by atoms with E-state index in [-0.39, 0.29) is 0 Å². The second-order valence-electron chi connectivity index (χ2n) is 5.27. The summed E-state index contributed by atoms with van der Waals surface area (Å²) in [4.78, 5) is 0. The topological polar surface area (TPSA) is 0 Å². The quantitative estimate of drug-likeness (QED) is 0.515. The van der Waals surface area contributed by atoms with Gasteiger partial charge in [0.25, 0.3) is 0 Å². The molecule has 0 aromatic rings. The van der Waals surface area contributed by atoms with Crippen molar-refractivity contribution in [1.82, 2.24) is 0 Å². The molecule has 0 rings (SSSR count). The van der Waals surface area contributed by atoms with Crippen LogP contribution in [0.2, 0.25) is 11.6 Å². The zero-order valence-corrected chi connectivity index (χ0v) is 10.3. The Labute approximate surface area is 85.7 Å². The lowest BCUT2D eigenvalue weighted by Gasteiger charge is -2.19. The van der Waals surface area contributed by atoms with Crippen LogP contribution in [-0.2, 0) is 0 Å². The molecule has 78 valence electrons. The van der Waals surface area contributed by atoms with Crippen LogP contribution in [0.25, 0.3) is 0 Å². The molecular formula is C12H27B. The fraction of sp³-hybridized carbons (Fsp3) is 1.00. The van der Waals surface area contributed by atoms with Gasteiger partial charge < -0.3 is 0 Å². The number of rotatable bonds is 7. The van der Waals surface area contributed by atoms with Gasteiger partial charge in [-0.05, 0) is 5.92 Å². The van der Waals surface area contributed by atoms with Gasteiger partial charge in [0, 0.05) is 0 Å². The van der Waals surface area contributed by atoms with Crippen LogP contribution in [0.4, 0.5) is 0 Å². The monoisotopic (exact) mass is 182 g/mol. The molecule has 0 aliphatic rings. The lowest BCUT2D eigenvalue weighted by Crippen LogP contribution is -2.09. The predicted molar refractivity (Wildman–Crippen MR) is 65.0 cm³/mol. The fourth-order valence-electron chi connectivity index (χ4n) is 2.16. The van der Waals surface area contributed by atoms with E-state index in [2.05, 4.69) is 34.6 Å². The summed E-state index contributed by atoms with van der Waals surface area (Å²) in [6.45, 7) is 11.7. The zero-order chi connectivity index (χ0) is 10.3. The van der Waals surface area contributed by atoms with Crippen molar-refractivity contribution in [2.24, 2.45) is 5.92 Å². The predicted octanol–water partition coefficient (Wildman–Crippen LogP) is 4.28. The Kier molecular flexibility index (Phi) is 7.50. The fourth-order valence-corrected chi connectivity index (χ4v) is 2.16. The largest absolute Gasteiger partial charge is 0.126 e. The van der Waals surface area contributed by atoms with Crippen LogP contribution in [0.5, 0.6) is 0 Å². The summed E-state index contributed by atoms with van der Waals surface area (Å²) in [6.07, 6.45) is 5.65. The van der Waals surface area contributed by atoms with E-state index in [1.165, 1.54) is 33.0 Å². The first-order chi connectivity index (χ1) is 6.06. The molecule has 0 N–H and O–H groups in total. The van der Waals surface area contributed by atoms with Gasteiger partial charge in [-0.25, -0.2) is 0 Å². The molecule has 0 saturated carbocycles. The van der Waals surface area contributed by atoms with Gasteiger partial charge in [-0.2, -0.15) is 0 Å². The Morgan fingerprint density at radius 1 is 1.08 bits per heavy atom. The molecule has 0 aromatic carbocycles. The van der Waals surface area contributed by atoms with Gasteiger partial charge >= 0.3 is 0 Å². The van der Waals surface area contributed by atoms with Crippen molar-refractivity contribution in [3.63, 3.8) is 0 Å². The van der Waals surface area contributed by atoms with E-state index in [1.54, 1.807) is 0 Å². The summed E-state index contributed by atoms with van der Waals surface area (Å²) >= 11 is 0. The molecule has 0 heterocycles. The average Bonchev–Trinajstić information content (AvgIpc) is 1.98. The Hall–Kier alpha value is 0.0649. The Morgan fingerprint density at radius 2 is 1.69 bits per heavy atom. The number of hydrogen-bond acceptors (Lipinski definition) is 0. The van der Waals surface area contributed by atoms with E-state index in [0.717, 1.165) is 17.6 Å². The highest BCUT2D eigenvalue weighted by atomic mass is 14.1. The molecule has 0 spiro atoms.